The molecule has 0 aliphatic heterocycles. The zero-order valence-electron chi connectivity index (χ0n) is 10.0. The van der Waals surface area contributed by atoms with E-state index >= 15 is 0 Å². The van der Waals surface area contributed by atoms with Crippen LogP contribution in [0, 0.1) is 23.2 Å². The van der Waals surface area contributed by atoms with Gasteiger partial charge in [0.05, 0.1) is 0 Å². The minimum Gasteiger partial charge on any atom is -0.0877 e. The lowest BCUT2D eigenvalue weighted by Crippen LogP contribution is -2.37. The predicted molar refractivity (Wildman–Crippen MR) is 64.7 cm³/mol. The molecule has 0 amide bonds. The van der Waals surface area contributed by atoms with Crippen LogP contribution in [0.4, 0.5) is 0 Å². The van der Waals surface area contributed by atoms with Gasteiger partial charge in [-0.25, -0.2) is 0 Å². The van der Waals surface area contributed by atoms with E-state index in [9.17, 15) is 0 Å². The van der Waals surface area contributed by atoms with Crippen molar-refractivity contribution in [3.05, 3.63) is 12.2 Å². The molecular formula is C15H24. The molecule has 0 N–H and O–H groups in total. The summed E-state index contributed by atoms with van der Waals surface area (Å²) in [7, 11) is 0. The highest BCUT2D eigenvalue weighted by Crippen LogP contribution is 2.57. The van der Waals surface area contributed by atoms with Crippen molar-refractivity contribution in [3.63, 3.8) is 0 Å². The van der Waals surface area contributed by atoms with Crippen molar-refractivity contribution in [2.75, 3.05) is 0 Å². The Morgan fingerprint density at radius 1 is 1.13 bits per heavy atom. The van der Waals surface area contributed by atoms with Gasteiger partial charge in [0, 0.05) is 0 Å². The fourth-order valence-electron chi connectivity index (χ4n) is 4.81. The van der Waals surface area contributed by atoms with Crippen LogP contribution in [-0.2, 0) is 0 Å². The average Bonchev–Trinajstić information content (AvgIpc) is 2.67. The summed E-state index contributed by atoms with van der Waals surface area (Å²) in [4.78, 5) is 0. The summed E-state index contributed by atoms with van der Waals surface area (Å²) in [5, 5.41) is 0. The van der Waals surface area contributed by atoms with Crippen molar-refractivity contribution < 1.29 is 0 Å². The van der Waals surface area contributed by atoms with E-state index in [1.807, 2.05) is 0 Å². The lowest BCUT2D eigenvalue weighted by Gasteiger charge is -2.47. The van der Waals surface area contributed by atoms with Crippen molar-refractivity contribution in [1.82, 2.24) is 0 Å². The van der Waals surface area contributed by atoms with Crippen LogP contribution >= 0.6 is 0 Å². The maximum atomic E-state index is 2.63. The van der Waals surface area contributed by atoms with Crippen LogP contribution in [0.2, 0.25) is 0 Å². The molecule has 0 heteroatoms. The zero-order chi connectivity index (χ0) is 10.3. The molecule has 2 saturated carbocycles. The van der Waals surface area contributed by atoms with Crippen LogP contribution in [-0.4, -0.2) is 0 Å². The van der Waals surface area contributed by atoms with E-state index in [4.69, 9.17) is 0 Å². The smallest absolute Gasteiger partial charge is 0.00847 e. The maximum Gasteiger partial charge on any atom is -0.00847 e. The number of hydrogen-bond donors (Lipinski definition) is 0. The second kappa shape index (κ2) is 3.64. The van der Waals surface area contributed by atoms with Gasteiger partial charge in [-0.3, -0.25) is 0 Å². The normalized spacial score (nSPS) is 49.5. The topological polar surface area (TPSA) is 0 Å². The first-order valence-electron chi connectivity index (χ1n) is 6.98. The Morgan fingerprint density at radius 3 is 2.87 bits per heavy atom. The molecule has 0 saturated heterocycles. The van der Waals surface area contributed by atoms with Crippen LogP contribution < -0.4 is 0 Å². The first-order chi connectivity index (χ1) is 7.30. The van der Waals surface area contributed by atoms with Crippen molar-refractivity contribution in [2.24, 2.45) is 23.2 Å². The molecule has 0 nitrogen and oxygen atoms in total. The molecule has 3 aliphatic rings. The van der Waals surface area contributed by atoms with Crippen LogP contribution in [0.25, 0.3) is 0 Å². The second-order valence-electron chi connectivity index (χ2n) is 6.37. The number of fused-ring (bicyclic) bond motifs is 2. The van der Waals surface area contributed by atoms with E-state index < -0.39 is 0 Å². The summed E-state index contributed by atoms with van der Waals surface area (Å²) in [6, 6.07) is 0. The summed E-state index contributed by atoms with van der Waals surface area (Å²) >= 11 is 0. The number of allylic oxidation sites excluding steroid dienone is 2. The highest BCUT2D eigenvalue weighted by molar-refractivity contribution is 5.11. The number of hydrogen-bond acceptors (Lipinski definition) is 0. The van der Waals surface area contributed by atoms with Gasteiger partial charge in [-0.2, -0.15) is 0 Å². The van der Waals surface area contributed by atoms with Crippen LogP contribution in [0.3, 0.4) is 0 Å². The van der Waals surface area contributed by atoms with Gasteiger partial charge in [-0.1, -0.05) is 44.8 Å². The summed E-state index contributed by atoms with van der Waals surface area (Å²) in [6.45, 7) is 2.45. The van der Waals surface area contributed by atoms with Gasteiger partial charge >= 0.3 is 0 Å². The highest BCUT2D eigenvalue weighted by atomic mass is 14.5. The molecule has 4 atom stereocenters. The molecule has 84 valence electrons. The Bertz CT molecular complexity index is 265. The maximum absolute atomic E-state index is 2.63. The largest absolute Gasteiger partial charge is 0.0877 e. The van der Waals surface area contributed by atoms with E-state index in [2.05, 4.69) is 19.1 Å². The molecule has 0 radical (unpaired) electrons. The first kappa shape index (κ1) is 9.93. The molecule has 0 aromatic carbocycles. The Kier molecular flexibility index (Phi) is 2.41. The van der Waals surface area contributed by atoms with Gasteiger partial charge in [-0.05, 0) is 48.9 Å². The molecule has 15 heavy (non-hydrogen) atoms. The van der Waals surface area contributed by atoms with Crippen LogP contribution in [0.5, 0.6) is 0 Å². The predicted octanol–water partition coefficient (Wildman–Crippen LogP) is 4.56. The lowest BCUT2D eigenvalue weighted by molar-refractivity contribution is 0.0771. The molecule has 4 unspecified atom stereocenters. The molecule has 0 bridgehead atoms. The van der Waals surface area contributed by atoms with Crippen molar-refractivity contribution in [1.29, 1.82) is 0 Å². The molecule has 0 heterocycles. The molecule has 3 rings (SSSR count). The van der Waals surface area contributed by atoms with Crippen LogP contribution in [0.15, 0.2) is 12.2 Å². The average molecular weight is 204 g/mol. The molecule has 3 aliphatic carbocycles. The van der Waals surface area contributed by atoms with Crippen molar-refractivity contribution >= 4 is 0 Å². The Balaban J connectivity index is 1.88. The summed E-state index contributed by atoms with van der Waals surface area (Å²) in [6.07, 6.45) is 17.1. The van der Waals surface area contributed by atoms with E-state index in [-0.39, 0.29) is 0 Å². The summed E-state index contributed by atoms with van der Waals surface area (Å²) < 4.78 is 0. The fourth-order valence-corrected chi connectivity index (χ4v) is 4.81. The van der Waals surface area contributed by atoms with Gasteiger partial charge in [0.2, 0.25) is 0 Å². The van der Waals surface area contributed by atoms with Gasteiger partial charge in [0.25, 0.3) is 0 Å². The zero-order valence-corrected chi connectivity index (χ0v) is 10.0. The summed E-state index contributed by atoms with van der Waals surface area (Å²) in [5.74, 6) is 3.09. The van der Waals surface area contributed by atoms with Crippen molar-refractivity contribution in [2.45, 2.75) is 58.3 Å². The van der Waals surface area contributed by atoms with Gasteiger partial charge < -0.3 is 0 Å². The third kappa shape index (κ3) is 1.57. The van der Waals surface area contributed by atoms with Gasteiger partial charge in [-0.15, -0.1) is 0 Å². The molecule has 0 aromatic heterocycles. The second-order valence-corrected chi connectivity index (χ2v) is 6.37. The van der Waals surface area contributed by atoms with E-state index in [0.29, 0.717) is 5.41 Å². The molecule has 2 fully saturated rings. The molecule has 0 aromatic rings. The van der Waals surface area contributed by atoms with E-state index in [0.717, 1.165) is 17.8 Å². The quantitative estimate of drug-likeness (QED) is 0.507. The lowest BCUT2D eigenvalue weighted by atomic mass is 9.58. The van der Waals surface area contributed by atoms with Gasteiger partial charge in [0.1, 0.15) is 0 Å². The van der Waals surface area contributed by atoms with E-state index in [1.165, 1.54) is 51.4 Å². The molecule has 1 spiro atoms. The monoisotopic (exact) mass is 204 g/mol. The van der Waals surface area contributed by atoms with E-state index in [1.54, 1.807) is 0 Å². The Morgan fingerprint density at radius 2 is 2.00 bits per heavy atom. The third-order valence-electron chi connectivity index (χ3n) is 5.33. The Labute approximate surface area is 94.1 Å². The number of rotatable bonds is 0. The minimum absolute atomic E-state index is 0.650. The van der Waals surface area contributed by atoms with Gasteiger partial charge in [0.15, 0.2) is 0 Å². The first-order valence-corrected chi connectivity index (χ1v) is 6.98. The third-order valence-corrected chi connectivity index (χ3v) is 5.33. The van der Waals surface area contributed by atoms with Crippen LogP contribution in [0.1, 0.15) is 58.3 Å². The minimum atomic E-state index is 0.650. The SMILES string of the molecule is CC1CC=CC2(CCCC3CCCC32)C1. The Hall–Kier alpha value is -0.260. The standard InChI is InChI=1S/C15H24/c1-12-5-3-9-15(11-12)10-4-7-13-6-2-8-14(13)15/h3,9,12-14H,2,4-8,10-11H2,1H3. The highest BCUT2D eigenvalue weighted by Gasteiger charge is 2.46. The molecular weight excluding hydrogens is 180 g/mol. The summed E-state index contributed by atoms with van der Waals surface area (Å²) in [5.41, 5.74) is 0.650. The fraction of sp³-hybridized carbons (Fsp3) is 0.867. The van der Waals surface area contributed by atoms with Crippen molar-refractivity contribution in [3.8, 4) is 0 Å².